The molecular weight excluding hydrogens is 312 g/mol. The lowest BCUT2D eigenvalue weighted by atomic mass is 10.1. The van der Waals surface area contributed by atoms with E-state index in [-0.39, 0.29) is 5.91 Å². The molecule has 23 heavy (non-hydrogen) atoms. The topological polar surface area (TPSA) is 79.9 Å². The molecule has 0 bridgehead atoms. The van der Waals surface area contributed by atoms with Crippen molar-refractivity contribution in [1.29, 1.82) is 0 Å². The van der Waals surface area contributed by atoms with Crippen LogP contribution >= 0.6 is 11.3 Å². The van der Waals surface area contributed by atoms with Crippen LogP contribution in [0.1, 0.15) is 17.5 Å². The van der Waals surface area contributed by atoms with Gasteiger partial charge < -0.3 is 15.0 Å². The number of nitrogens with one attached hydrogen (secondary N) is 2. The molecule has 0 aliphatic rings. The van der Waals surface area contributed by atoms with Crippen molar-refractivity contribution >= 4 is 33.3 Å². The highest BCUT2D eigenvalue weighted by molar-refractivity contribution is 7.15. The van der Waals surface area contributed by atoms with Crippen LogP contribution in [0.15, 0.2) is 30.5 Å². The van der Waals surface area contributed by atoms with Gasteiger partial charge in [0.2, 0.25) is 11.0 Å². The maximum absolute atomic E-state index is 12.2. The summed E-state index contributed by atoms with van der Waals surface area (Å²) in [6.07, 6.45) is 2.89. The monoisotopic (exact) mass is 330 g/mol. The average Bonchev–Trinajstić information content (AvgIpc) is 3.15. The van der Waals surface area contributed by atoms with Crippen LogP contribution < -0.4 is 5.32 Å². The summed E-state index contributed by atoms with van der Waals surface area (Å²) in [5.41, 5.74) is 2.00. The molecule has 7 heteroatoms. The number of para-hydroxylation sites is 1. The van der Waals surface area contributed by atoms with Gasteiger partial charge in [0.15, 0.2) is 0 Å². The minimum absolute atomic E-state index is 0.0951. The van der Waals surface area contributed by atoms with E-state index in [9.17, 15) is 4.79 Å². The average molecular weight is 330 g/mol. The van der Waals surface area contributed by atoms with E-state index < -0.39 is 0 Å². The number of hydrogen-bond acceptors (Lipinski definition) is 5. The Kier molecular flexibility index (Phi) is 4.99. The van der Waals surface area contributed by atoms with E-state index in [0.29, 0.717) is 31.2 Å². The Morgan fingerprint density at radius 3 is 3.09 bits per heavy atom. The van der Waals surface area contributed by atoms with Crippen molar-refractivity contribution in [2.24, 2.45) is 0 Å². The summed E-state index contributed by atoms with van der Waals surface area (Å²) in [5.74, 6) is -0.0951. The molecule has 120 valence electrons. The van der Waals surface area contributed by atoms with E-state index in [1.807, 2.05) is 37.4 Å². The zero-order valence-corrected chi connectivity index (χ0v) is 13.7. The summed E-state index contributed by atoms with van der Waals surface area (Å²) in [7, 11) is 0. The van der Waals surface area contributed by atoms with Crippen molar-refractivity contribution in [2.75, 3.05) is 18.5 Å². The van der Waals surface area contributed by atoms with E-state index in [1.165, 1.54) is 11.3 Å². The largest absolute Gasteiger partial charge is 0.381 e. The number of hydrogen-bond donors (Lipinski definition) is 2. The summed E-state index contributed by atoms with van der Waals surface area (Å²) >= 11 is 1.39. The minimum atomic E-state index is -0.0951. The SMILES string of the molecule is CCOCCc1nnc(NC(=O)Cc2c[nH]c3ccccc23)s1. The first-order valence-electron chi connectivity index (χ1n) is 7.51. The number of aromatic nitrogens is 3. The van der Waals surface area contributed by atoms with Crippen LogP contribution in [0.3, 0.4) is 0 Å². The van der Waals surface area contributed by atoms with Crippen LogP contribution in [0.5, 0.6) is 0 Å². The summed E-state index contributed by atoms with van der Waals surface area (Å²) in [5, 5.41) is 13.3. The van der Waals surface area contributed by atoms with Gasteiger partial charge in [0.25, 0.3) is 0 Å². The lowest BCUT2D eigenvalue weighted by Gasteiger charge is -2.00. The van der Waals surface area contributed by atoms with E-state index in [0.717, 1.165) is 21.5 Å². The second-order valence-electron chi connectivity index (χ2n) is 5.03. The highest BCUT2D eigenvalue weighted by atomic mass is 32.1. The number of fused-ring (bicyclic) bond motifs is 1. The summed E-state index contributed by atoms with van der Waals surface area (Å²) < 4.78 is 5.29. The van der Waals surface area contributed by atoms with Crippen molar-refractivity contribution < 1.29 is 9.53 Å². The minimum Gasteiger partial charge on any atom is -0.381 e. The van der Waals surface area contributed by atoms with Gasteiger partial charge in [-0.05, 0) is 18.6 Å². The number of aromatic amines is 1. The molecular formula is C16H18N4O2S. The second kappa shape index (κ2) is 7.34. The lowest BCUT2D eigenvalue weighted by molar-refractivity contribution is -0.115. The maximum Gasteiger partial charge on any atom is 0.230 e. The van der Waals surface area contributed by atoms with Crippen LogP contribution in [0.4, 0.5) is 5.13 Å². The quantitative estimate of drug-likeness (QED) is 0.653. The van der Waals surface area contributed by atoms with Crippen LogP contribution in [-0.4, -0.2) is 34.3 Å². The first kappa shape index (κ1) is 15.6. The molecule has 0 radical (unpaired) electrons. The lowest BCUT2D eigenvalue weighted by Crippen LogP contribution is -2.14. The molecule has 2 aromatic heterocycles. The molecule has 0 unspecified atom stereocenters. The van der Waals surface area contributed by atoms with Crippen LogP contribution in [0.2, 0.25) is 0 Å². The summed E-state index contributed by atoms with van der Waals surface area (Å²) in [4.78, 5) is 15.4. The number of carbonyl (C=O) groups is 1. The fraction of sp³-hybridized carbons (Fsp3) is 0.312. The normalized spacial score (nSPS) is 11.0. The van der Waals surface area contributed by atoms with Gasteiger partial charge in [-0.25, -0.2) is 0 Å². The summed E-state index contributed by atoms with van der Waals surface area (Å²) in [6.45, 7) is 3.26. The Hall–Kier alpha value is -2.25. The molecule has 2 heterocycles. The highest BCUT2D eigenvalue weighted by Crippen LogP contribution is 2.20. The van der Waals surface area contributed by atoms with Gasteiger partial charge in [-0.1, -0.05) is 29.5 Å². The third-order valence-electron chi connectivity index (χ3n) is 3.40. The molecule has 0 spiro atoms. The molecule has 0 atom stereocenters. The van der Waals surface area contributed by atoms with Crippen molar-refractivity contribution in [3.8, 4) is 0 Å². The Morgan fingerprint density at radius 2 is 2.22 bits per heavy atom. The molecule has 1 amide bonds. The number of nitrogens with zero attached hydrogens (tertiary/aromatic N) is 2. The Labute approximate surface area is 137 Å². The fourth-order valence-electron chi connectivity index (χ4n) is 2.32. The molecule has 2 N–H and O–H groups in total. The van der Waals surface area contributed by atoms with Gasteiger partial charge in [0, 0.05) is 30.1 Å². The number of ether oxygens (including phenoxy) is 1. The first-order chi connectivity index (χ1) is 11.3. The van der Waals surface area contributed by atoms with E-state index >= 15 is 0 Å². The summed E-state index contributed by atoms with van der Waals surface area (Å²) in [6, 6.07) is 7.93. The second-order valence-corrected chi connectivity index (χ2v) is 6.09. The number of H-pyrrole nitrogens is 1. The number of rotatable bonds is 7. The van der Waals surface area contributed by atoms with Crippen molar-refractivity contribution in [3.63, 3.8) is 0 Å². The highest BCUT2D eigenvalue weighted by Gasteiger charge is 2.11. The number of amides is 1. The molecule has 0 aliphatic heterocycles. The van der Waals surface area contributed by atoms with Gasteiger partial charge in [0.05, 0.1) is 13.0 Å². The van der Waals surface area contributed by atoms with Gasteiger partial charge in [-0.15, -0.1) is 10.2 Å². The number of benzene rings is 1. The van der Waals surface area contributed by atoms with Crippen molar-refractivity contribution in [2.45, 2.75) is 19.8 Å². The van der Waals surface area contributed by atoms with E-state index in [2.05, 4.69) is 20.5 Å². The fourth-order valence-corrected chi connectivity index (χ4v) is 3.06. The van der Waals surface area contributed by atoms with Crippen molar-refractivity contribution in [3.05, 3.63) is 41.0 Å². The number of anilines is 1. The Bertz CT molecular complexity index is 796. The maximum atomic E-state index is 12.2. The third kappa shape index (κ3) is 3.94. The van der Waals surface area contributed by atoms with Gasteiger partial charge in [-0.2, -0.15) is 0 Å². The van der Waals surface area contributed by atoms with Gasteiger partial charge >= 0.3 is 0 Å². The van der Waals surface area contributed by atoms with E-state index in [4.69, 9.17) is 4.74 Å². The smallest absolute Gasteiger partial charge is 0.230 e. The standard InChI is InChI=1S/C16H18N4O2S/c1-2-22-8-7-15-19-20-16(23-15)18-14(21)9-11-10-17-13-6-4-3-5-12(11)13/h3-6,10,17H,2,7-9H2,1H3,(H,18,20,21). The van der Waals surface area contributed by atoms with E-state index in [1.54, 1.807) is 0 Å². The molecule has 0 aliphatic carbocycles. The van der Waals surface area contributed by atoms with Gasteiger partial charge in [0.1, 0.15) is 5.01 Å². The van der Waals surface area contributed by atoms with Crippen LogP contribution in [0.25, 0.3) is 10.9 Å². The molecule has 0 saturated heterocycles. The molecule has 1 aromatic carbocycles. The van der Waals surface area contributed by atoms with Crippen molar-refractivity contribution in [1.82, 2.24) is 15.2 Å². The first-order valence-corrected chi connectivity index (χ1v) is 8.33. The van der Waals surface area contributed by atoms with Gasteiger partial charge in [-0.3, -0.25) is 4.79 Å². The van der Waals surface area contributed by atoms with Crippen LogP contribution in [-0.2, 0) is 22.4 Å². The molecule has 3 aromatic rings. The number of carbonyl (C=O) groups excluding carboxylic acids is 1. The zero-order chi connectivity index (χ0) is 16.1. The predicted octanol–water partition coefficient (Wildman–Crippen LogP) is 2.78. The molecule has 0 saturated carbocycles. The van der Waals surface area contributed by atoms with Crippen LogP contribution in [0, 0.1) is 0 Å². The Morgan fingerprint density at radius 1 is 1.35 bits per heavy atom. The third-order valence-corrected chi connectivity index (χ3v) is 4.30. The Balaban J connectivity index is 1.59. The molecule has 6 nitrogen and oxygen atoms in total. The molecule has 3 rings (SSSR count). The zero-order valence-electron chi connectivity index (χ0n) is 12.8. The predicted molar refractivity (Wildman–Crippen MR) is 90.7 cm³/mol. The molecule has 0 fully saturated rings.